The third-order valence-corrected chi connectivity index (χ3v) is 3.39. The van der Waals surface area contributed by atoms with Gasteiger partial charge in [-0.1, -0.05) is 34.1 Å². The van der Waals surface area contributed by atoms with Crippen molar-refractivity contribution in [2.75, 3.05) is 5.32 Å². The SMILES string of the molecule is N#Cc1c(F)cccc1NC(=O)c1ccc(CBr)cc1. The molecule has 0 radical (unpaired) electrons. The summed E-state index contributed by atoms with van der Waals surface area (Å²) in [5.74, 6) is -1.03. The molecule has 0 heterocycles. The van der Waals surface area contributed by atoms with Crippen molar-refractivity contribution in [3.63, 3.8) is 0 Å². The van der Waals surface area contributed by atoms with Crippen LogP contribution in [0.1, 0.15) is 21.5 Å². The topological polar surface area (TPSA) is 52.9 Å². The molecule has 2 aromatic rings. The van der Waals surface area contributed by atoms with Gasteiger partial charge in [0.2, 0.25) is 0 Å². The van der Waals surface area contributed by atoms with Gasteiger partial charge in [0.25, 0.3) is 5.91 Å². The second-order valence-corrected chi connectivity index (χ2v) is 4.62. The molecule has 0 atom stereocenters. The number of alkyl halides is 1. The lowest BCUT2D eigenvalue weighted by atomic mass is 10.1. The highest BCUT2D eigenvalue weighted by molar-refractivity contribution is 9.08. The van der Waals surface area contributed by atoms with Crippen LogP contribution in [0.5, 0.6) is 0 Å². The predicted octanol–water partition coefficient (Wildman–Crippen LogP) is 3.84. The highest BCUT2D eigenvalue weighted by atomic mass is 79.9. The number of carbonyl (C=O) groups is 1. The van der Waals surface area contributed by atoms with Gasteiger partial charge in [-0.15, -0.1) is 0 Å². The van der Waals surface area contributed by atoms with Crippen molar-refractivity contribution < 1.29 is 9.18 Å². The largest absolute Gasteiger partial charge is 0.321 e. The van der Waals surface area contributed by atoms with Crippen LogP contribution in [0.15, 0.2) is 42.5 Å². The number of halogens is 2. The summed E-state index contributed by atoms with van der Waals surface area (Å²) >= 11 is 3.32. The van der Waals surface area contributed by atoms with E-state index in [4.69, 9.17) is 5.26 Å². The van der Waals surface area contributed by atoms with Crippen LogP contribution in [-0.2, 0) is 5.33 Å². The van der Waals surface area contributed by atoms with E-state index in [9.17, 15) is 9.18 Å². The third kappa shape index (κ3) is 3.03. The molecule has 0 aromatic heterocycles. The van der Waals surface area contributed by atoms with Gasteiger partial charge in [0.15, 0.2) is 0 Å². The van der Waals surface area contributed by atoms with Gasteiger partial charge in [0.1, 0.15) is 17.4 Å². The fourth-order valence-corrected chi connectivity index (χ4v) is 2.06. The molecule has 5 heteroatoms. The first kappa shape index (κ1) is 14.2. The minimum absolute atomic E-state index is 0.169. The van der Waals surface area contributed by atoms with E-state index in [0.717, 1.165) is 5.56 Å². The molecule has 0 saturated carbocycles. The molecule has 0 bridgehead atoms. The zero-order valence-electron chi connectivity index (χ0n) is 10.4. The predicted molar refractivity (Wildman–Crippen MR) is 78.1 cm³/mol. The Balaban J connectivity index is 2.23. The summed E-state index contributed by atoms with van der Waals surface area (Å²) in [6, 6.07) is 12.9. The molecule has 0 saturated heterocycles. The lowest BCUT2D eigenvalue weighted by Crippen LogP contribution is -2.13. The number of nitriles is 1. The second kappa shape index (κ2) is 6.31. The smallest absolute Gasteiger partial charge is 0.255 e. The number of benzene rings is 2. The van der Waals surface area contributed by atoms with Gasteiger partial charge in [0.05, 0.1) is 5.69 Å². The number of hydrogen-bond donors (Lipinski definition) is 1. The Hall–Kier alpha value is -2.19. The molecule has 1 amide bonds. The molecule has 0 aliphatic carbocycles. The van der Waals surface area contributed by atoms with Gasteiger partial charge in [-0.25, -0.2) is 4.39 Å². The Morgan fingerprint density at radius 2 is 1.95 bits per heavy atom. The number of amides is 1. The lowest BCUT2D eigenvalue weighted by molar-refractivity contribution is 0.102. The molecule has 2 aromatic carbocycles. The third-order valence-electron chi connectivity index (χ3n) is 2.74. The summed E-state index contributed by atoms with van der Waals surface area (Å²) in [5.41, 5.74) is 1.49. The normalized spacial score (nSPS) is 9.85. The maximum absolute atomic E-state index is 13.4. The number of anilines is 1. The van der Waals surface area contributed by atoms with E-state index in [2.05, 4.69) is 21.2 Å². The summed E-state index contributed by atoms with van der Waals surface area (Å²) in [7, 11) is 0. The highest BCUT2D eigenvalue weighted by Crippen LogP contribution is 2.19. The molecular weight excluding hydrogens is 323 g/mol. The van der Waals surface area contributed by atoms with Crippen LogP contribution >= 0.6 is 15.9 Å². The van der Waals surface area contributed by atoms with Crippen molar-refractivity contribution in [1.82, 2.24) is 0 Å². The molecule has 20 heavy (non-hydrogen) atoms. The van der Waals surface area contributed by atoms with E-state index < -0.39 is 5.82 Å². The Labute approximate surface area is 124 Å². The van der Waals surface area contributed by atoms with Crippen molar-refractivity contribution in [1.29, 1.82) is 5.26 Å². The fourth-order valence-electron chi connectivity index (χ4n) is 1.68. The van der Waals surface area contributed by atoms with Gasteiger partial charge < -0.3 is 5.32 Å². The zero-order valence-corrected chi connectivity index (χ0v) is 11.9. The van der Waals surface area contributed by atoms with E-state index >= 15 is 0 Å². The quantitative estimate of drug-likeness (QED) is 0.868. The van der Waals surface area contributed by atoms with Crippen molar-refractivity contribution in [3.05, 3.63) is 65.0 Å². The Kier molecular flexibility index (Phi) is 4.49. The first-order valence-electron chi connectivity index (χ1n) is 5.80. The van der Waals surface area contributed by atoms with Crippen LogP contribution in [0.25, 0.3) is 0 Å². The summed E-state index contributed by atoms with van der Waals surface area (Å²) in [4.78, 5) is 12.0. The summed E-state index contributed by atoms with van der Waals surface area (Å²) in [6.07, 6.45) is 0. The highest BCUT2D eigenvalue weighted by Gasteiger charge is 2.12. The van der Waals surface area contributed by atoms with Gasteiger partial charge in [-0.2, -0.15) is 5.26 Å². The van der Waals surface area contributed by atoms with Crippen LogP contribution in [0.4, 0.5) is 10.1 Å². The van der Waals surface area contributed by atoms with Gasteiger partial charge in [-0.05, 0) is 29.8 Å². The maximum atomic E-state index is 13.4. The minimum Gasteiger partial charge on any atom is -0.321 e. The number of carbonyl (C=O) groups excluding carboxylic acids is 1. The summed E-state index contributed by atoms with van der Waals surface area (Å²) in [6.45, 7) is 0. The van der Waals surface area contributed by atoms with Crippen molar-refractivity contribution >= 4 is 27.5 Å². The van der Waals surface area contributed by atoms with E-state index in [1.54, 1.807) is 18.2 Å². The van der Waals surface area contributed by atoms with E-state index in [1.165, 1.54) is 18.2 Å². The molecular formula is C15H10BrFN2O. The molecule has 2 rings (SSSR count). The zero-order chi connectivity index (χ0) is 14.5. The van der Waals surface area contributed by atoms with Gasteiger partial charge in [-0.3, -0.25) is 4.79 Å². The second-order valence-electron chi connectivity index (χ2n) is 4.06. The molecule has 0 fully saturated rings. The van der Waals surface area contributed by atoms with Gasteiger partial charge >= 0.3 is 0 Å². The molecule has 0 aliphatic rings. The molecule has 1 N–H and O–H groups in total. The molecule has 0 spiro atoms. The van der Waals surface area contributed by atoms with Crippen molar-refractivity contribution in [2.24, 2.45) is 0 Å². The first-order valence-corrected chi connectivity index (χ1v) is 6.92. The van der Waals surface area contributed by atoms with Crippen molar-refractivity contribution in [2.45, 2.75) is 5.33 Å². The van der Waals surface area contributed by atoms with E-state index in [1.807, 2.05) is 12.1 Å². The number of nitrogens with one attached hydrogen (secondary N) is 1. The Bertz CT molecular complexity index is 677. The average Bonchev–Trinajstić information content (AvgIpc) is 2.47. The molecule has 0 unspecified atom stereocenters. The molecule has 100 valence electrons. The van der Waals surface area contributed by atoms with Gasteiger partial charge in [0, 0.05) is 10.9 Å². The molecule has 0 aliphatic heterocycles. The maximum Gasteiger partial charge on any atom is 0.255 e. The minimum atomic E-state index is -0.653. The Morgan fingerprint density at radius 3 is 2.55 bits per heavy atom. The average molecular weight is 333 g/mol. The van der Waals surface area contributed by atoms with Crippen LogP contribution in [0.3, 0.4) is 0 Å². The van der Waals surface area contributed by atoms with E-state index in [0.29, 0.717) is 10.9 Å². The number of nitrogens with zero attached hydrogens (tertiary/aromatic N) is 1. The summed E-state index contributed by atoms with van der Waals surface area (Å²) < 4.78 is 13.4. The Morgan fingerprint density at radius 1 is 1.25 bits per heavy atom. The number of rotatable bonds is 3. The van der Waals surface area contributed by atoms with Crippen LogP contribution in [0, 0.1) is 17.1 Å². The molecule has 3 nitrogen and oxygen atoms in total. The monoisotopic (exact) mass is 332 g/mol. The fraction of sp³-hybridized carbons (Fsp3) is 0.0667. The van der Waals surface area contributed by atoms with Crippen molar-refractivity contribution in [3.8, 4) is 6.07 Å². The van der Waals surface area contributed by atoms with E-state index in [-0.39, 0.29) is 17.2 Å². The first-order chi connectivity index (χ1) is 9.65. The van der Waals surface area contributed by atoms with Crippen LogP contribution in [-0.4, -0.2) is 5.91 Å². The lowest BCUT2D eigenvalue weighted by Gasteiger charge is -2.07. The summed E-state index contributed by atoms with van der Waals surface area (Å²) in [5, 5.41) is 12.2. The van der Waals surface area contributed by atoms with Crippen LogP contribution in [0.2, 0.25) is 0 Å². The standard InChI is InChI=1S/C15H10BrFN2O/c16-8-10-4-6-11(7-5-10)15(20)19-14-3-1-2-13(17)12(14)9-18/h1-7H,8H2,(H,19,20). The number of hydrogen-bond acceptors (Lipinski definition) is 2. The van der Waals surface area contributed by atoms with Crippen LogP contribution < -0.4 is 5.32 Å².